The van der Waals surface area contributed by atoms with Gasteiger partial charge >= 0.3 is 0 Å². The number of hydrogen-bond donors (Lipinski definition) is 2. The van der Waals surface area contributed by atoms with Gasteiger partial charge in [-0.3, -0.25) is 4.68 Å². The Hall–Kier alpha value is -0.950. The minimum absolute atomic E-state index is 0.0678. The summed E-state index contributed by atoms with van der Waals surface area (Å²) < 4.78 is 13.7. The van der Waals surface area contributed by atoms with E-state index in [2.05, 4.69) is 10.4 Å². The van der Waals surface area contributed by atoms with E-state index in [-0.39, 0.29) is 18.2 Å². The first-order valence-electron chi connectivity index (χ1n) is 9.35. The van der Waals surface area contributed by atoms with Gasteiger partial charge in [0.25, 0.3) is 0 Å². The SMILES string of the molecule is Cc1cc(C)n([C@H]2[C@@H]3OC[C@@H](O3)[C@@H](NCC3CCCCC3)[C@@H]2O)n1. The van der Waals surface area contributed by atoms with Gasteiger partial charge in [-0.15, -0.1) is 0 Å². The zero-order valence-electron chi connectivity index (χ0n) is 14.6. The van der Waals surface area contributed by atoms with E-state index in [1.165, 1.54) is 32.1 Å². The second kappa shape index (κ2) is 6.75. The predicted octanol–water partition coefficient (Wildman–Crippen LogP) is 1.70. The number of aliphatic hydroxyl groups is 1. The van der Waals surface area contributed by atoms with Crippen LogP contribution in [0.5, 0.6) is 0 Å². The van der Waals surface area contributed by atoms with Crippen LogP contribution in [0.25, 0.3) is 0 Å². The predicted molar refractivity (Wildman–Crippen MR) is 89.7 cm³/mol. The van der Waals surface area contributed by atoms with E-state index < -0.39 is 12.4 Å². The van der Waals surface area contributed by atoms with Crippen LogP contribution in [0, 0.1) is 19.8 Å². The molecule has 3 aliphatic rings. The summed E-state index contributed by atoms with van der Waals surface area (Å²) in [7, 11) is 0. The Morgan fingerprint density at radius 2 is 2.08 bits per heavy atom. The summed E-state index contributed by atoms with van der Waals surface area (Å²) in [4.78, 5) is 0. The fourth-order valence-electron chi connectivity index (χ4n) is 4.56. The van der Waals surface area contributed by atoms with Crippen LogP contribution in [0.3, 0.4) is 0 Å². The van der Waals surface area contributed by atoms with Crippen molar-refractivity contribution in [1.82, 2.24) is 15.1 Å². The Bertz CT molecular complexity index is 570. The molecule has 2 bridgehead atoms. The summed E-state index contributed by atoms with van der Waals surface area (Å²) in [5.41, 5.74) is 1.98. The molecule has 1 aromatic rings. The largest absolute Gasteiger partial charge is 0.389 e. The van der Waals surface area contributed by atoms with Crippen molar-refractivity contribution < 1.29 is 14.6 Å². The molecular weight excluding hydrogens is 306 g/mol. The molecule has 24 heavy (non-hydrogen) atoms. The maximum atomic E-state index is 11.0. The molecule has 6 nitrogen and oxygen atoms in total. The van der Waals surface area contributed by atoms with Gasteiger partial charge in [-0.05, 0) is 45.2 Å². The topological polar surface area (TPSA) is 68.5 Å². The lowest BCUT2D eigenvalue weighted by molar-refractivity contribution is -0.168. The summed E-state index contributed by atoms with van der Waals surface area (Å²) >= 11 is 0. The molecule has 1 aliphatic carbocycles. The molecule has 5 atom stereocenters. The number of aliphatic hydroxyl groups excluding tert-OH is 1. The van der Waals surface area contributed by atoms with E-state index >= 15 is 0 Å². The van der Waals surface area contributed by atoms with Crippen molar-refractivity contribution in [2.45, 2.75) is 76.5 Å². The van der Waals surface area contributed by atoms with Gasteiger partial charge in [0.05, 0.1) is 24.4 Å². The van der Waals surface area contributed by atoms with Crippen molar-refractivity contribution in [3.63, 3.8) is 0 Å². The van der Waals surface area contributed by atoms with Crippen molar-refractivity contribution in [1.29, 1.82) is 0 Å². The van der Waals surface area contributed by atoms with Crippen LogP contribution >= 0.6 is 0 Å². The number of aryl methyl sites for hydroxylation is 2. The molecule has 3 heterocycles. The van der Waals surface area contributed by atoms with Gasteiger partial charge in [0.15, 0.2) is 6.29 Å². The van der Waals surface area contributed by atoms with Gasteiger partial charge in [-0.2, -0.15) is 5.10 Å². The third kappa shape index (κ3) is 3.01. The van der Waals surface area contributed by atoms with Gasteiger partial charge < -0.3 is 19.9 Å². The maximum Gasteiger partial charge on any atom is 0.183 e. The molecule has 3 fully saturated rings. The number of hydrogen-bond acceptors (Lipinski definition) is 5. The maximum absolute atomic E-state index is 11.0. The fraction of sp³-hybridized carbons (Fsp3) is 0.833. The first-order valence-corrected chi connectivity index (χ1v) is 9.35. The first-order chi connectivity index (χ1) is 11.6. The van der Waals surface area contributed by atoms with Crippen LogP contribution in [0.1, 0.15) is 49.5 Å². The number of ether oxygens (including phenoxy) is 2. The van der Waals surface area contributed by atoms with Gasteiger partial charge in [0, 0.05) is 5.69 Å². The highest BCUT2D eigenvalue weighted by Crippen LogP contribution is 2.36. The Morgan fingerprint density at radius 1 is 1.29 bits per heavy atom. The number of aromatic nitrogens is 2. The molecule has 0 unspecified atom stereocenters. The Kier molecular flexibility index (Phi) is 4.64. The van der Waals surface area contributed by atoms with Crippen molar-refractivity contribution >= 4 is 0 Å². The molecule has 134 valence electrons. The van der Waals surface area contributed by atoms with Crippen molar-refractivity contribution in [2.24, 2.45) is 5.92 Å². The minimum Gasteiger partial charge on any atom is -0.389 e. The molecule has 4 rings (SSSR count). The number of fused-ring (bicyclic) bond motifs is 2. The second-order valence-corrected chi connectivity index (χ2v) is 7.67. The molecule has 1 saturated carbocycles. The highest BCUT2D eigenvalue weighted by atomic mass is 16.7. The lowest BCUT2D eigenvalue weighted by Gasteiger charge is -2.40. The van der Waals surface area contributed by atoms with Crippen LogP contribution in [-0.4, -0.2) is 52.6 Å². The Morgan fingerprint density at radius 3 is 2.79 bits per heavy atom. The quantitative estimate of drug-likeness (QED) is 0.876. The molecule has 0 spiro atoms. The van der Waals surface area contributed by atoms with Crippen LogP contribution in [0.15, 0.2) is 6.07 Å². The highest BCUT2D eigenvalue weighted by Gasteiger charge is 2.51. The highest BCUT2D eigenvalue weighted by molar-refractivity contribution is 5.11. The minimum atomic E-state index is -0.558. The number of nitrogens with zero attached hydrogens (tertiary/aromatic N) is 2. The normalized spacial score (nSPS) is 37.0. The zero-order valence-corrected chi connectivity index (χ0v) is 14.6. The Balaban J connectivity index is 1.49. The Labute approximate surface area is 143 Å². The van der Waals surface area contributed by atoms with Crippen LogP contribution in [0.4, 0.5) is 0 Å². The summed E-state index contributed by atoms with van der Waals surface area (Å²) in [5.74, 6) is 0.720. The summed E-state index contributed by atoms with van der Waals surface area (Å²) in [6.07, 6.45) is 5.58. The lowest BCUT2D eigenvalue weighted by Crippen LogP contribution is -2.58. The van der Waals surface area contributed by atoms with E-state index in [1.807, 2.05) is 24.6 Å². The molecule has 0 radical (unpaired) electrons. The van der Waals surface area contributed by atoms with Crippen LogP contribution in [-0.2, 0) is 9.47 Å². The van der Waals surface area contributed by atoms with Gasteiger partial charge in [-0.1, -0.05) is 19.3 Å². The molecule has 2 saturated heterocycles. The lowest BCUT2D eigenvalue weighted by atomic mass is 9.88. The van der Waals surface area contributed by atoms with Crippen LogP contribution in [0.2, 0.25) is 0 Å². The average molecular weight is 335 g/mol. The van der Waals surface area contributed by atoms with Gasteiger partial charge in [0.2, 0.25) is 0 Å². The van der Waals surface area contributed by atoms with E-state index in [0.29, 0.717) is 6.61 Å². The standard InChI is InChI=1S/C18H29N3O3/c1-11-8-12(2)21(20-11)16-17(22)15(14-10-23-18(16)24-14)19-9-13-6-4-3-5-7-13/h8,13-19,22H,3-7,9-10H2,1-2H3/t14-,15-,16-,17+,18-/m1/s1. The fourth-order valence-corrected chi connectivity index (χ4v) is 4.56. The number of nitrogens with one attached hydrogen (secondary N) is 1. The van der Waals surface area contributed by atoms with Crippen molar-refractivity contribution in [2.75, 3.05) is 13.2 Å². The molecular formula is C18H29N3O3. The summed E-state index contributed by atoms with van der Waals surface area (Å²) in [6.45, 7) is 5.48. The average Bonchev–Trinajstić information content (AvgIpc) is 3.13. The molecule has 2 aliphatic heterocycles. The molecule has 6 heteroatoms. The van der Waals surface area contributed by atoms with E-state index in [0.717, 1.165) is 23.9 Å². The molecule has 1 aromatic heterocycles. The van der Waals surface area contributed by atoms with Gasteiger partial charge in [0.1, 0.15) is 12.1 Å². The monoisotopic (exact) mass is 335 g/mol. The summed E-state index contributed by atoms with van der Waals surface area (Å²) in [6, 6.07) is 1.64. The van der Waals surface area contributed by atoms with E-state index in [4.69, 9.17) is 9.47 Å². The third-order valence-corrected chi connectivity index (χ3v) is 5.82. The third-order valence-electron chi connectivity index (χ3n) is 5.82. The zero-order chi connectivity index (χ0) is 16.7. The van der Waals surface area contributed by atoms with E-state index in [1.54, 1.807) is 0 Å². The molecule has 0 amide bonds. The molecule has 2 N–H and O–H groups in total. The van der Waals surface area contributed by atoms with Crippen molar-refractivity contribution in [3.8, 4) is 0 Å². The van der Waals surface area contributed by atoms with E-state index in [9.17, 15) is 5.11 Å². The van der Waals surface area contributed by atoms with Crippen LogP contribution < -0.4 is 5.32 Å². The molecule has 0 aromatic carbocycles. The first kappa shape index (κ1) is 16.5. The van der Waals surface area contributed by atoms with Crippen molar-refractivity contribution in [3.05, 3.63) is 17.5 Å². The smallest absolute Gasteiger partial charge is 0.183 e. The summed E-state index contributed by atoms with van der Waals surface area (Å²) in [5, 5.41) is 19.2. The van der Waals surface area contributed by atoms with Gasteiger partial charge in [-0.25, -0.2) is 0 Å². The number of rotatable bonds is 4. The second-order valence-electron chi connectivity index (χ2n) is 7.67.